The van der Waals surface area contributed by atoms with Gasteiger partial charge in [0.25, 0.3) is 11.6 Å². The number of nitrogens with zero attached hydrogens (tertiary/aromatic N) is 3. The Labute approximate surface area is 117 Å². The van der Waals surface area contributed by atoms with Crippen molar-refractivity contribution < 1.29 is 19.6 Å². The van der Waals surface area contributed by atoms with Gasteiger partial charge in [-0.2, -0.15) is 5.10 Å². The Hall–Kier alpha value is -3.17. The fourth-order valence-corrected chi connectivity index (χ4v) is 1.71. The zero-order valence-electron chi connectivity index (χ0n) is 10.8. The van der Waals surface area contributed by atoms with Gasteiger partial charge in [-0.15, -0.1) is 0 Å². The van der Waals surface area contributed by atoms with Crippen molar-refractivity contribution in [2.45, 2.75) is 6.04 Å². The van der Waals surface area contributed by atoms with Crippen LogP contribution in [0, 0.1) is 10.1 Å². The fourth-order valence-electron chi connectivity index (χ4n) is 1.71. The normalized spacial score (nSPS) is 11.9. The van der Waals surface area contributed by atoms with Gasteiger partial charge in [0.15, 0.2) is 6.04 Å². The minimum Gasteiger partial charge on any atom is -0.479 e. The van der Waals surface area contributed by atoms with Gasteiger partial charge in [0.2, 0.25) is 0 Å². The smallest absolute Gasteiger partial charge is 0.331 e. The van der Waals surface area contributed by atoms with Crippen molar-refractivity contribution in [3.63, 3.8) is 0 Å². The number of nitro groups is 1. The molecule has 1 amide bonds. The molecule has 1 unspecified atom stereocenters. The Balaban J connectivity index is 2.18. The van der Waals surface area contributed by atoms with Crippen LogP contribution >= 0.6 is 0 Å². The number of H-pyrrole nitrogens is 1. The van der Waals surface area contributed by atoms with Crippen molar-refractivity contribution in [3.8, 4) is 0 Å². The van der Waals surface area contributed by atoms with Gasteiger partial charge in [0.1, 0.15) is 5.69 Å². The average molecular weight is 293 g/mol. The molecule has 10 nitrogen and oxygen atoms in total. The number of rotatable bonds is 5. The van der Waals surface area contributed by atoms with Gasteiger partial charge >= 0.3 is 5.97 Å². The topological polar surface area (TPSA) is 143 Å². The lowest BCUT2D eigenvalue weighted by Gasteiger charge is -2.11. The third-order valence-corrected chi connectivity index (χ3v) is 2.70. The third-order valence-electron chi connectivity index (χ3n) is 2.70. The van der Waals surface area contributed by atoms with E-state index in [1.54, 1.807) is 7.05 Å². The van der Waals surface area contributed by atoms with Gasteiger partial charge in [-0.25, -0.2) is 4.79 Å². The molecule has 10 heteroatoms. The Morgan fingerprint density at radius 2 is 2.29 bits per heavy atom. The van der Waals surface area contributed by atoms with Crippen LogP contribution in [-0.4, -0.2) is 36.7 Å². The monoisotopic (exact) mass is 293 g/mol. The van der Waals surface area contributed by atoms with Crippen LogP contribution in [0.15, 0.2) is 24.7 Å². The molecule has 0 aliphatic heterocycles. The zero-order chi connectivity index (χ0) is 15.6. The Morgan fingerprint density at radius 3 is 2.76 bits per heavy atom. The van der Waals surface area contributed by atoms with Gasteiger partial charge in [-0.3, -0.25) is 19.6 Å². The molecule has 0 saturated heterocycles. The van der Waals surface area contributed by atoms with Crippen LogP contribution in [0.25, 0.3) is 0 Å². The summed E-state index contributed by atoms with van der Waals surface area (Å²) in [4.78, 5) is 35.4. The van der Waals surface area contributed by atoms with Crippen LogP contribution in [0.3, 0.4) is 0 Å². The number of aryl methyl sites for hydroxylation is 1. The van der Waals surface area contributed by atoms with Gasteiger partial charge in [-0.05, 0) is 0 Å². The zero-order valence-corrected chi connectivity index (χ0v) is 10.8. The summed E-state index contributed by atoms with van der Waals surface area (Å²) >= 11 is 0. The Morgan fingerprint density at radius 1 is 1.57 bits per heavy atom. The molecular formula is C11H11N5O5. The molecular weight excluding hydrogens is 282 g/mol. The molecule has 110 valence electrons. The molecule has 0 bridgehead atoms. The van der Waals surface area contributed by atoms with Crippen molar-refractivity contribution in [2.75, 3.05) is 0 Å². The second kappa shape index (κ2) is 5.45. The van der Waals surface area contributed by atoms with E-state index in [9.17, 15) is 19.7 Å². The van der Waals surface area contributed by atoms with Crippen molar-refractivity contribution in [1.29, 1.82) is 0 Å². The fraction of sp³-hybridized carbons (Fsp3) is 0.182. The Bertz CT molecular complexity index is 703. The number of aliphatic carboxylic acids is 1. The summed E-state index contributed by atoms with van der Waals surface area (Å²) in [5.74, 6) is -2.03. The van der Waals surface area contributed by atoms with Gasteiger partial charge in [0.05, 0.1) is 17.3 Å². The minimum atomic E-state index is -1.30. The summed E-state index contributed by atoms with van der Waals surface area (Å²) in [6.07, 6.45) is 3.82. The second-order valence-electron chi connectivity index (χ2n) is 4.22. The van der Waals surface area contributed by atoms with Gasteiger partial charge in [-0.1, -0.05) is 0 Å². The van der Waals surface area contributed by atoms with Crippen LogP contribution < -0.4 is 5.32 Å². The minimum absolute atomic E-state index is 0.100. The summed E-state index contributed by atoms with van der Waals surface area (Å²) in [5, 5.41) is 25.8. The summed E-state index contributed by atoms with van der Waals surface area (Å²) in [6, 6.07) is -0.272. The highest BCUT2D eigenvalue weighted by molar-refractivity contribution is 5.95. The van der Waals surface area contributed by atoms with E-state index >= 15 is 0 Å². The van der Waals surface area contributed by atoms with Crippen molar-refractivity contribution in [1.82, 2.24) is 20.1 Å². The molecule has 3 N–H and O–H groups in total. The van der Waals surface area contributed by atoms with Crippen LogP contribution in [0.1, 0.15) is 22.1 Å². The maximum atomic E-state index is 11.9. The number of hydrogen-bond donors (Lipinski definition) is 3. The first-order valence-electron chi connectivity index (χ1n) is 5.73. The quantitative estimate of drug-likeness (QED) is 0.531. The lowest BCUT2D eigenvalue weighted by Crippen LogP contribution is -2.33. The molecule has 0 fully saturated rings. The molecule has 0 aliphatic rings. The first-order chi connectivity index (χ1) is 9.88. The van der Waals surface area contributed by atoms with Crippen molar-refractivity contribution in [3.05, 3.63) is 46.0 Å². The number of carboxylic acid groups (broad SMARTS) is 1. The molecule has 2 heterocycles. The predicted octanol–water partition coefficient (Wildman–Crippen LogP) is 0.212. The average Bonchev–Trinajstić information content (AvgIpc) is 3.04. The number of carbonyl (C=O) groups is 2. The molecule has 0 aromatic carbocycles. The van der Waals surface area contributed by atoms with Crippen molar-refractivity contribution in [2.24, 2.45) is 7.05 Å². The van der Waals surface area contributed by atoms with Crippen LogP contribution in [-0.2, 0) is 11.8 Å². The SMILES string of the molecule is Cn1cc(C(NC(=O)c2cc([N+](=O)[O-])c[nH]2)C(=O)O)cn1. The van der Waals surface area contributed by atoms with E-state index in [-0.39, 0.29) is 11.4 Å². The van der Waals surface area contributed by atoms with Gasteiger partial charge < -0.3 is 15.4 Å². The molecule has 0 aliphatic carbocycles. The van der Waals surface area contributed by atoms with E-state index in [1.165, 1.54) is 17.1 Å². The molecule has 21 heavy (non-hydrogen) atoms. The number of carboxylic acids is 1. The lowest BCUT2D eigenvalue weighted by atomic mass is 10.1. The predicted molar refractivity (Wildman–Crippen MR) is 68.5 cm³/mol. The van der Waals surface area contributed by atoms with Gasteiger partial charge in [0, 0.05) is 24.9 Å². The summed E-state index contributed by atoms with van der Waals surface area (Å²) in [5.41, 5.74) is -0.0929. The highest BCUT2D eigenvalue weighted by Gasteiger charge is 2.25. The molecule has 0 spiro atoms. The van der Waals surface area contributed by atoms with E-state index in [4.69, 9.17) is 5.11 Å². The lowest BCUT2D eigenvalue weighted by molar-refractivity contribution is -0.384. The molecule has 0 radical (unpaired) electrons. The number of aromatic nitrogens is 3. The number of nitrogens with one attached hydrogen (secondary N) is 2. The number of amides is 1. The summed E-state index contributed by atoms with van der Waals surface area (Å²) in [6.45, 7) is 0. The molecule has 1 atom stereocenters. The molecule has 2 rings (SSSR count). The third kappa shape index (κ3) is 3.05. The van der Waals surface area contributed by atoms with E-state index in [1.807, 2.05) is 0 Å². The summed E-state index contributed by atoms with van der Waals surface area (Å²) in [7, 11) is 1.61. The number of aromatic amines is 1. The van der Waals surface area contributed by atoms with Crippen LogP contribution in [0.4, 0.5) is 5.69 Å². The number of carbonyl (C=O) groups excluding carboxylic acids is 1. The maximum Gasteiger partial charge on any atom is 0.331 e. The van der Waals surface area contributed by atoms with Crippen LogP contribution in [0.5, 0.6) is 0 Å². The molecule has 2 aromatic rings. The van der Waals surface area contributed by atoms with E-state index in [0.29, 0.717) is 5.56 Å². The summed E-state index contributed by atoms with van der Waals surface area (Å²) < 4.78 is 1.40. The first-order valence-corrected chi connectivity index (χ1v) is 5.73. The molecule has 2 aromatic heterocycles. The highest BCUT2D eigenvalue weighted by atomic mass is 16.6. The van der Waals surface area contributed by atoms with E-state index in [0.717, 1.165) is 12.3 Å². The maximum absolute atomic E-state index is 11.9. The standard InChI is InChI=1S/C11H11N5O5/c1-15-5-6(3-13-15)9(11(18)19)14-10(17)8-2-7(4-12-8)16(20)21/h2-5,9,12H,1H3,(H,14,17)(H,18,19). The molecule has 0 saturated carbocycles. The van der Waals surface area contributed by atoms with Crippen LogP contribution in [0.2, 0.25) is 0 Å². The highest BCUT2D eigenvalue weighted by Crippen LogP contribution is 2.15. The second-order valence-corrected chi connectivity index (χ2v) is 4.22. The van der Waals surface area contributed by atoms with Crippen molar-refractivity contribution >= 4 is 17.6 Å². The number of hydrogen-bond acceptors (Lipinski definition) is 5. The van der Waals surface area contributed by atoms with E-state index in [2.05, 4.69) is 15.4 Å². The largest absolute Gasteiger partial charge is 0.479 e. The first kappa shape index (κ1) is 14.2. The van der Waals surface area contributed by atoms with E-state index < -0.39 is 22.8 Å². The Kier molecular flexibility index (Phi) is 3.69.